The van der Waals surface area contributed by atoms with E-state index in [9.17, 15) is 19.7 Å². The Balaban J connectivity index is 1.67. The first-order valence-corrected chi connectivity index (χ1v) is 15.9. The van der Waals surface area contributed by atoms with Gasteiger partial charge in [-0.2, -0.15) is 0 Å². The number of esters is 1. The molecule has 0 aliphatic carbocycles. The lowest BCUT2D eigenvalue weighted by molar-refractivity contribution is -0.387. The van der Waals surface area contributed by atoms with Crippen LogP contribution < -0.4 is 19.6 Å². The van der Waals surface area contributed by atoms with Gasteiger partial charge in [0.1, 0.15) is 11.8 Å². The van der Waals surface area contributed by atoms with E-state index in [1.54, 1.807) is 31.2 Å². The number of carbonyl (C=O) groups is 1. The average molecular weight is 646 g/mol. The Morgan fingerprint density at radius 2 is 1.87 bits per heavy atom. The number of aryl methyl sites for hydroxylation is 2. The minimum Gasteiger partial charge on any atom is -0.496 e. The van der Waals surface area contributed by atoms with E-state index in [1.165, 1.54) is 17.7 Å². The van der Waals surface area contributed by atoms with Crippen molar-refractivity contribution in [1.82, 2.24) is 14.5 Å². The van der Waals surface area contributed by atoms with Gasteiger partial charge in [0.25, 0.3) is 11.2 Å². The van der Waals surface area contributed by atoms with Crippen LogP contribution in [0, 0.1) is 24.0 Å². The van der Waals surface area contributed by atoms with Gasteiger partial charge in [-0.3, -0.25) is 19.5 Å². The van der Waals surface area contributed by atoms with Crippen LogP contribution in [0.25, 0.3) is 6.08 Å². The molecular formula is C32H31N5O6S2. The molecule has 5 rings (SSSR count). The number of thiazole rings is 1. The predicted molar refractivity (Wildman–Crippen MR) is 171 cm³/mol. The van der Waals surface area contributed by atoms with Gasteiger partial charge in [0.15, 0.2) is 9.96 Å². The van der Waals surface area contributed by atoms with Gasteiger partial charge < -0.3 is 9.47 Å². The summed E-state index contributed by atoms with van der Waals surface area (Å²) >= 11 is 2.26. The molecule has 1 aliphatic rings. The number of allylic oxidation sites excluding steroid dienone is 1. The lowest BCUT2D eigenvalue weighted by Crippen LogP contribution is -2.40. The summed E-state index contributed by atoms with van der Waals surface area (Å²) in [4.78, 5) is 53.5. The molecule has 3 heterocycles. The highest BCUT2D eigenvalue weighted by Crippen LogP contribution is 2.37. The number of hydrogen-bond donors (Lipinski definition) is 0. The van der Waals surface area contributed by atoms with Crippen molar-refractivity contribution in [3.8, 4) is 5.75 Å². The van der Waals surface area contributed by atoms with Gasteiger partial charge in [-0.25, -0.2) is 19.8 Å². The zero-order valence-electron chi connectivity index (χ0n) is 25.4. The summed E-state index contributed by atoms with van der Waals surface area (Å²) in [5.41, 5.74) is 2.91. The average Bonchev–Trinajstić information content (AvgIpc) is 3.30. The number of carbonyl (C=O) groups excluding carboxylic acids is 1. The minimum absolute atomic E-state index is 0.133. The van der Waals surface area contributed by atoms with Crippen LogP contribution in [-0.4, -0.2) is 39.1 Å². The smallest absolute Gasteiger partial charge is 0.338 e. The molecule has 13 heteroatoms. The monoisotopic (exact) mass is 645 g/mol. The number of methoxy groups -OCH3 is 1. The Hall–Kier alpha value is -4.62. The van der Waals surface area contributed by atoms with Gasteiger partial charge in [-0.15, -0.1) is 0 Å². The van der Waals surface area contributed by atoms with Gasteiger partial charge in [0.05, 0.1) is 39.3 Å². The standard InChI is InChI=1S/C32H31N5O6S2/c1-6-10-22-27(30(39)43-7-2)28(21-11-8-9-12-24(21)42-5)36-29(38)26(45-32(36)35-22)17-20-13-14-25(23(16-20)37(40)41)44-31-33-18(3)15-19(4)34-31/h8-9,11-17,28H,6-7,10H2,1-5H3/b26-17+/t28-/m1/s1. The molecule has 0 radical (unpaired) electrons. The van der Waals surface area contributed by atoms with Crippen molar-refractivity contribution in [2.45, 2.75) is 56.6 Å². The van der Waals surface area contributed by atoms with E-state index in [-0.39, 0.29) is 17.9 Å². The van der Waals surface area contributed by atoms with Crippen LogP contribution in [0.3, 0.4) is 0 Å². The van der Waals surface area contributed by atoms with Crippen molar-refractivity contribution in [3.05, 3.63) is 112 Å². The van der Waals surface area contributed by atoms with Crippen LogP contribution in [0.5, 0.6) is 5.75 Å². The molecule has 45 heavy (non-hydrogen) atoms. The highest BCUT2D eigenvalue weighted by molar-refractivity contribution is 7.99. The maximum Gasteiger partial charge on any atom is 0.338 e. The lowest BCUT2D eigenvalue weighted by atomic mass is 9.93. The van der Waals surface area contributed by atoms with Crippen LogP contribution in [0.15, 0.2) is 79.6 Å². The second-order valence-corrected chi connectivity index (χ2v) is 12.2. The highest BCUT2D eigenvalue weighted by Gasteiger charge is 2.35. The van der Waals surface area contributed by atoms with Crippen molar-refractivity contribution in [2.24, 2.45) is 4.99 Å². The Morgan fingerprint density at radius 3 is 2.53 bits per heavy atom. The number of hydrogen-bond acceptors (Lipinski definition) is 11. The molecule has 4 aromatic rings. The third-order valence-corrected chi connectivity index (χ3v) is 8.88. The van der Waals surface area contributed by atoms with Crippen LogP contribution in [0.1, 0.15) is 55.2 Å². The number of ether oxygens (including phenoxy) is 2. The number of para-hydroxylation sites is 1. The second-order valence-electron chi connectivity index (χ2n) is 10.2. The molecule has 11 nitrogen and oxygen atoms in total. The summed E-state index contributed by atoms with van der Waals surface area (Å²) in [6.07, 6.45) is 2.82. The lowest BCUT2D eigenvalue weighted by Gasteiger charge is -2.26. The molecule has 0 unspecified atom stereocenters. The quantitative estimate of drug-likeness (QED) is 0.100. The SMILES string of the molecule is CCCC1=C(C(=O)OCC)[C@@H](c2ccccc2OC)n2c(s/c(=C/c3ccc(Sc4nc(C)cc(C)n4)c([N+](=O)[O-])c3)c2=O)=N1. The molecule has 2 aromatic heterocycles. The third kappa shape index (κ3) is 6.59. The number of rotatable bonds is 10. The Kier molecular flexibility index (Phi) is 9.59. The highest BCUT2D eigenvalue weighted by atomic mass is 32.2. The maximum absolute atomic E-state index is 14.1. The number of benzene rings is 2. The predicted octanol–water partition coefficient (Wildman–Crippen LogP) is 5.05. The largest absolute Gasteiger partial charge is 0.496 e. The van der Waals surface area contributed by atoms with Gasteiger partial charge in [-0.05, 0) is 68.8 Å². The molecule has 0 fully saturated rings. The number of nitro groups is 1. The Labute approximate surface area is 267 Å². The van der Waals surface area contributed by atoms with E-state index in [4.69, 9.17) is 14.5 Å². The summed E-state index contributed by atoms with van der Waals surface area (Å²) in [5.74, 6) is -0.0421. The van der Waals surface area contributed by atoms with Crippen molar-refractivity contribution >= 4 is 40.8 Å². The number of aromatic nitrogens is 3. The molecular weight excluding hydrogens is 615 g/mol. The van der Waals surface area contributed by atoms with E-state index >= 15 is 0 Å². The molecule has 0 bridgehead atoms. The summed E-state index contributed by atoms with van der Waals surface area (Å²) in [7, 11) is 1.53. The Morgan fingerprint density at radius 1 is 1.13 bits per heavy atom. The van der Waals surface area contributed by atoms with Crippen molar-refractivity contribution in [2.75, 3.05) is 13.7 Å². The molecule has 232 valence electrons. The van der Waals surface area contributed by atoms with Crippen LogP contribution >= 0.6 is 23.1 Å². The fourth-order valence-corrected chi connectivity index (χ4v) is 7.12. The first-order valence-electron chi connectivity index (χ1n) is 14.3. The molecule has 0 saturated carbocycles. The zero-order valence-corrected chi connectivity index (χ0v) is 27.0. The number of fused-ring (bicyclic) bond motifs is 1. The topological polar surface area (TPSA) is 139 Å². The second kappa shape index (κ2) is 13.6. The van der Waals surface area contributed by atoms with E-state index in [0.717, 1.165) is 40.9 Å². The molecule has 2 aromatic carbocycles. The fourth-order valence-electron chi connectivity index (χ4n) is 5.15. The number of nitrogens with zero attached hydrogens (tertiary/aromatic N) is 5. The van der Waals surface area contributed by atoms with E-state index < -0.39 is 22.5 Å². The van der Waals surface area contributed by atoms with Gasteiger partial charge in [0.2, 0.25) is 0 Å². The first-order chi connectivity index (χ1) is 21.6. The van der Waals surface area contributed by atoms with Crippen molar-refractivity contribution < 1.29 is 19.2 Å². The number of nitro benzene ring substituents is 1. The minimum atomic E-state index is -0.842. The van der Waals surface area contributed by atoms with Gasteiger partial charge in [0, 0.05) is 23.0 Å². The normalized spacial score (nSPS) is 14.6. The van der Waals surface area contributed by atoms with E-state index in [2.05, 4.69) is 9.97 Å². The van der Waals surface area contributed by atoms with E-state index in [1.807, 2.05) is 45.0 Å². The third-order valence-electron chi connectivity index (χ3n) is 6.97. The van der Waals surface area contributed by atoms with Crippen LogP contribution in [0.4, 0.5) is 5.69 Å². The molecule has 0 amide bonds. The summed E-state index contributed by atoms with van der Waals surface area (Å²) in [6, 6.07) is 13.0. The van der Waals surface area contributed by atoms with Crippen molar-refractivity contribution in [1.29, 1.82) is 0 Å². The van der Waals surface area contributed by atoms with Gasteiger partial charge >= 0.3 is 5.97 Å². The summed E-state index contributed by atoms with van der Waals surface area (Å²) in [5, 5.41) is 12.5. The van der Waals surface area contributed by atoms with Crippen LogP contribution in [0.2, 0.25) is 0 Å². The molecule has 0 N–H and O–H groups in total. The zero-order chi connectivity index (χ0) is 32.2. The molecule has 1 aliphatic heterocycles. The maximum atomic E-state index is 14.1. The fraction of sp³-hybridized carbons (Fsp3) is 0.281. The summed E-state index contributed by atoms with van der Waals surface area (Å²) in [6.45, 7) is 7.55. The molecule has 0 spiro atoms. The van der Waals surface area contributed by atoms with E-state index in [0.29, 0.717) is 48.4 Å². The van der Waals surface area contributed by atoms with Crippen LogP contribution in [-0.2, 0) is 9.53 Å². The first kappa shape index (κ1) is 31.8. The van der Waals surface area contributed by atoms with Gasteiger partial charge in [-0.1, -0.05) is 48.9 Å². The molecule has 1 atom stereocenters. The van der Waals surface area contributed by atoms with Crippen molar-refractivity contribution in [3.63, 3.8) is 0 Å². The molecule has 0 saturated heterocycles. The Bertz CT molecular complexity index is 2000. The summed E-state index contributed by atoms with van der Waals surface area (Å²) < 4.78 is 12.9.